The second-order valence-electron chi connectivity index (χ2n) is 20.6. The lowest BCUT2D eigenvalue weighted by atomic mass is 9.98. The number of hydrogen-bond donors (Lipinski definition) is 4. The molecule has 4 N–H and O–H groups in total. The number of rotatable bonds is 17. The van der Waals surface area contributed by atoms with E-state index >= 15 is 4.79 Å². The van der Waals surface area contributed by atoms with Crippen molar-refractivity contribution < 1.29 is 42.8 Å². The SMILES string of the molecule is CCN1CCN(Cc2ccc(-n3c(C(=O)NC(C)C)nnc3-c3cc(C(C)C)c(OC)cc3O)cc2)CC1N(CC(F)(F)F)C(=O)c1nnc(-c2cc(C(C)C)c(O)cc2O)n1-c1ccc(CN2CCN(C)CC2)cc1. The molecule has 0 radical (unpaired) electrons. The standard InChI is InChI=1S/C55H69F3N12O6/c1-10-67-24-23-66(30-37-13-15-38(16-14-37)69-49(60-62-51(69)53(74)59-35(6)7)43-26-41(34(4)5)47(76-9)28-46(43)73)31-48(67)68(32-55(56,57)58)54(75)52-63-61-50(42-25-40(33(2)3)44(71)27-45(42)72)70(52)39-17-11-36(12-18-39)29-65-21-19-64(8)20-22-65/h11-18,25-28,33-35,48,71-73H,10,19-24,29-32H2,1-9H3,(H,59,74). The summed E-state index contributed by atoms with van der Waals surface area (Å²) in [6.45, 7) is 17.5. The van der Waals surface area contributed by atoms with Gasteiger partial charge < -0.3 is 35.2 Å². The highest BCUT2D eigenvalue weighted by Gasteiger charge is 2.43. The van der Waals surface area contributed by atoms with Gasteiger partial charge in [0.25, 0.3) is 11.8 Å². The number of aromatic nitrogens is 6. The van der Waals surface area contributed by atoms with Crippen molar-refractivity contribution in [2.45, 2.75) is 91.8 Å². The van der Waals surface area contributed by atoms with E-state index in [1.54, 1.807) is 41.0 Å². The minimum atomic E-state index is -4.81. The normalized spacial score (nSPS) is 16.3. The average molecular weight is 1050 g/mol. The number of carbonyl (C=O) groups excluding carboxylic acids is 2. The highest BCUT2D eigenvalue weighted by molar-refractivity contribution is 5.93. The Labute approximate surface area is 441 Å². The van der Waals surface area contributed by atoms with Gasteiger partial charge in [0.1, 0.15) is 29.5 Å². The van der Waals surface area contributed by atoms with Crippen molar-refractivity contribution >= 4 is 11.8 Å². The van der Waals surface area contributed by atoms with Gasteiger partial charge in [-0.25, -0.2) is 0 Å². The summed E-state index contributed by atoms with van der Waals surface area (Å²) in [5.74, 6) is -1.93. The van der Waals surface area contributed by atoms with E-state index in [9.17, 15) is 33.3 Å². The van der Waals surface area contributed by atoms with Crippen LogP contribution in [-0.4, -0.2) is 173 Å². The van der Waals surface area contributed by atoms with Gasteiger partial charge in [0, 0.05) is 88.5 Å². The molecule has 0 spiro atoms. The number of piperazine rings is 2. The molecule has 0 bridgehead atoms. The smallest absolute Gasteiger partial charge is 0.406 e. The highest BCUT2D eigenvalue weighted by Crippen LogP contribution is 2.41. The Morgan fingerprint density at radius 2 is 1.21 bits per heavy atom. The monoisotopic (exact) mass is 1050 g/mol. The molecule has 2 aliphatic rings. The molecule has 18 nitrogen and oxygen atoms in total. The van der Waals surface area contributed by atoms with Crippen LogP contribution in [0.15, 0.2) is 72.8 Å². The molecule has 406 valence electrons. The predicted octanol–water partition coefficient (Wildman–Crippen LogP) is 7.61. The van der Waals surface area contributed by atoms with Crippen LogP contribution in [0.25, 0.3) is 34.2 Å². The number of nitrogens with one attached hydrogen (secondary N) is 1. The summed E-state index contributed by atoms with van der Waals surface area (Å²) in [6.07, 6.45) is -5.87. The fourth-order valence-corrected chi connectivity index (χ4v) is 9.97. The van der Waals surface area contributed by atoms with Gasteiger partial charge in [-0.15, -0.1) is 20.4 Å². The first-order valence-corrected chi connectivity index (χ1v) is 25.8. The van der Waals surface area contributed by atoms with E-state index in [0.717, 1.165) is 47.8 Å². The average Bonchev–Trinajstić information content (AvgIpc) is 4.04. The van der Waals surface area contributed by atoms with Crippen molar-refractivity contribution in [3.05, 3.63) is 107 Å². The maximum Gasteiger partial charge on any atom is 0.406 e. The second-order valence-corrected chi connectivity index (χ2v) is 20.6. The van der Waals surface area contributed by atoms with Crippen molar-refractivity contribution in [3.8, 4) is 57.1 Å². The van der Waals surface area contributed by atoms with Crippen LogP contribution in [0.3, 0.4) is 0 Å². The van der Waals surface area contributed by atoms with Gasteiger partial charge in [-0.05, 0) is 97.9 Å². The number of ether oxygens (including phenoxy) is 1. The van der Waals surface area contributed by atoms with Crippen molar-refractivity contribution in [2.24, 2.45) is 0 Å². The van der Waals surface area contributed by atoms with Crippen LogP contribution in [0.4, 0.5) is 13.2 Å². The highest BCUT2D eigenvalue weighted by atomic mass is 19.4. The maximum absolute atomic E-state index is 15.2. The molecule has 2 aromatic heterocycles. The van der Waals surface area contributed by atoms with Gasteiger partial charge in [0.05, 0.1) is 24.4 Å². The van der Waals surface area contributed by atoms with Crippen LogP contribution in [0.1, 0.15) is 104 Å². The third kappa shape index (κ3) is 12.1. The van der Waals surface area contributed by atoms with Gasteiger partial charge in [-0.2, -0.15) is 13.2 Å². The molecular formula is C55H69F3N12O6. The number of likely N-dealkylation sites (N-methyl/N-ethyl adjacent to an activating group) is 2. The van der Waals surface area contributed by atoms with Crippen LogP contribution in [0.5, 0.6) is 23.0 Å². The van der Waals surface area contributed by atoms with E-state index in [-0.39, 0.29) is 70.5 Å². The minimum Gasteiger partial charge on any atom is -0.508 e. The van der Waals surface area contributed by atoms with Crippen LogP contribution in [0.2, 0.25) is 0 Å². The lowest BCUT2D eigenvalue weighted by Gasteiger charge is -2.46. The number of halogens is 3. The quantitative estimate of drug-likeness (QED) is 0.0698. The molecule has 4 heterocycles. The largest absolute Gasteiger partial charge is 0.508 e. The van der Waals surface area contributed by atoms with Crippen LogP contribution < -0.4 is 10.1 Å². The Morgan fingerprint density at radius 3 is 1.74 bits per heavy atom. The van der Waals surface area contributed by atoms with E-state index in [1.165, 1.54) is 23.8 Å². The van der Waals surface area contributed by atoms with Crippen molar-refractivity contribution in [3.63, 3.8) is 0 Å². The summed E-state index contributed by atoms with van der Waals surface area (Å²) < 4.78 is 53.3. The van der Waals surface area contributed by atoms with E-state index in [4.69, 9.17) is 4.74 Å². The molecule has 2 saturated heterocycles. The third-order valence-electron chi connectivity index (χ3n) is 14.1. The van der Waals surface area contributed by atoms with Crippen molar-refractivity contribution in [1.29, 1.82) is 0 Å². The third-order valence-corrected chi connectivity index (χ3v) is 14.1. The number of methoxy groups -OCH3 is 1. The molecule has 2 amide bonds. The Hall–Kier alpha value is -7.07. The van der Waals surface area contributed by atoms with E-state index in [1.807, 2.05) is 82.5 Å². The molecule has 21 heteroatoms. The predicted molar refractivity (Wildman–Crippen MR) is 282 cm³/mol. The number of phenols is 3. The Bertz CT molecular complexity index is 3000. The fraction of sp³-hybridized carbons (Fsp3) is 0.455. The van der Waals surface area contributed by atoms with Crippen LogP contribution in [-0.2, 0) is 13.1 Å². The molecule has 8 rings (SSSR count). The fourth-order valence-electron chi connectivity index (χ4n) is 9.97. The van der Waals surface area contributed by atoms with Crippen LogP contribution >= 0.6 is 0 Å². The zero-order valence-electron chi connectivity index (χ0n) is 44.6. The number of aromatic hydroxyl groups is 3. The molecule has 0 aliphatic carbocycles. The summed E-state index contributed by atoms with van der Waals surface area (Å²) in [6, 6.07) is 20.4. The van der Waals surface area contributed by atoms with Gasteiger partial charge in [0.15, 0.2) is 11.6 Å². The number of nitrogens with zero attached hydrogens (tertiary/aromatic N) is 11. The first-order valence-electron chi connectivity index (χ1n) is 25.8. The maximum atomic E-state index is 15.2. The number of amides is 2. The van der Waals surface area contributed by atoms with E-state index < -0.39 is 30.7 Å². The molecule has 1 atom stereocenters. The summed E-state index contributed by atoms with van der Waals surface area (Å²) >= 11 is 0. The van der Waals surface area contributed by atoms with E-state index in [0.29, 0.717) is 61.0 Å². The Kier molecular flexibility index (Phi) is 16.7. The second kappa shape index (κ2) is 23.0. The summed E-state index contributed by atoms with van der Waals surface area (Å²) in [5.41, 5.74) is 4.48. The molecule has 0 saturated carbocycles. The van der Waals surface area contributed by atoms with E-state index in [2.05, 4.69) is 42.6 Å². The first-order chi connectivity index (χ1) is 36.1. The zero-order chi connectivity index (χ0) is 54.7. The van der Waals surface area contributed by atoms with Crippen molar-refractivity contribution in [2.75, 3.05) is 73.1 Å². The molecule has 2 fully saturated rings. The van der Waals surface area contributed by atoms with Gasteiger partial charge in [-0.3, -0.25) is 33.4 Å². The van der Waals surface area contributed by atoms with Gasteiger partial charge in [0.2, 0.25) is 11.6 Å². The zero-order valence-corrected chi connectivity index (χ0v) is 44.6. The van der Waals surface area contributed by atoms with Crippen LogP contribution in [0, 0.1) is 0 Å². The molecule has 1 unspecified atom stereocenters. The van der Waals surface area contributed by atoms with Gasteiger partial charge in [-0.1, -0.05) is 58.9 Å². The minimum absolute atomic E-state index is 0.00734. The molecule has 2 aliphatic heterocycles. The molecule has 76 heavy (non-hydrogen) atoms. The topological polar surface area (TPSA) is 194 Å². The number of hydrogen-bond acceptors (Lipinski definition) is 14. The summed E-state index contributed by atoms with van der Waals surface area (Å²) in [4.78, 5) is 38.0. The summed E-state index contributed by atoms with van der Waals surface area (Å²) in [7, 11) is 3.61. The number of carbonyl (C=O) groups is 2. The number of alkyl halides is 3. The van der Waals surface area contributed by atoms with Gasteiger partial charge >= 0.3 is 6.18 Å². The number of phenolic OH excluding ortho intramolecular Hbond substituents is 3. The molecule has 4 aromatic carbocycles. The molecule has 6 aromatic rings. The first kappa shape index (κ1) is 55.2. The lowest BCUT2D eigenvalue weighted by molar-refractivity contribution is -0.155. The molecular weight excluding hydrogens is 982 g/mol. The Morgan fingerprint density at radius 1 is 0.697 bits per heavy atom. The summed E-state index contributed by atoms with van der Waals surface area (Å²) in [5, 5.41) is 53.6. The van der Waals surface area contributed by atoms with Crippen molar-refractivity contribution in [1.82, 2.24) is 59.3 Å². The Balaban J connectivity index is 1.12. The number of benzene rings is 4. The lowest BCUT2D eigenvalue weighted by Crippen LogP contribution is -2.62.